The summed E-state index contributed by atoms with van der Waals surface area (Å²) >= 11 is 6.34. The molecule has 46 valence electrons. The summed E-state index contributed by atoms with van der Waals surface area (Å²) in [6.07, 6.45) is 1.47. The molecular formula is C3H4Br2N2O. The predicted molar refractivity (Wildman–Crippen MR) is 36.3 cm³/mol. The van der Waals surface area contributed by atoms with Crippen molar-refractivity contribution in [3.63, 3.8) is 0 Å². The lowest BCUT2D eigenvalue weighted by molar-refractivity contribution is 0.158. The van der Waals surface area contributed by atoms with E-state index in [0.29, 0.717) is 6.54 Å². The molecule has 0 amide bonds. The zero-order valence-corrected chi connectivity index (χ0v) is 7.07. The van der Waals surface area contributed by atoms with Crippen LogP contribution < -0.4 is 5.48 Å². The molecule has 0 spiro atoms. The van der Waals surface area contributed by atoms with Crippen LogP contribution in [0.25, 0.3) is 0 Å². The van der Waals surface area contributed by atoms with E-state index in [9.17, 15) is 0 Å². The monoisotopic (exact) mass is 242 g/mol. The van der Waals surface area contributed by atoms with Crippen molar-refractivity contribution < 1.29 is 4.84 Å². The molecule has 0 aliphatic carbocycles. The second-order valence-electron chi connectivity index (χ2n) is 0.933. The Hall–Kier alpha value is 0.210. The second kappa shape index (κ2) is 5.35. The lowest BCUT2D eigenvalue weighted by atomic mass is 10.8. The van der Waals surface area contributed by atoms with Gasteiger partial charge in [0.1, 0.15) is 0 Å². The summed E-state index contributed by atoms with van der Waals surface area (Å²) in [5.74, 6) is 0. The van der Waals surface area contributed by atoms with Crippen molar-refractivity contribution in [1.29, 1.82) is 5.26 Å². The molecule has 0 aromatic rings. The van der Waals surface area contributed by atoms with E-state index in [1.54, 1.807) is 0 Å². The Morgan fingerprint density at radius 2 is 2.38 bits per heavy atom. The molecular weight excluding hydrogens is 240 g/mol. The van der Waals surface area contributed by atoms with E-state index in [1.165, 1.54) is 6.26 Å². The maximum atomic E-state index is 7.81. The Morgan fingerprint density at radius 1 is 1.75 bits per heavy atom. The molecule has 0 aromatic carbocycles. The molecule has 8 heavy (non-hydrogen) atoms. The zero-order chi connectivity index (χ0) is 6.41. The van der Waals surface area contributed by atoms with Crippen LogP contribution in [0.3, 0.4) is 0 Å². The third-order valence-corrected chi connectivity index (χ3v) is 1.00. The van der Waals surface area contributed by atoms with Gasteiger partial charge in [-0.05, 0) is 0 Å². The van der Waals surface area contributed by atoms with Gasteiger partial charge in [-0.25, -0.2) is 0 Å². The van der Waals surface area contributed by atoms with Crippen molar-refractivity contribution in [2.75, 3.05) is 6.54 Å². The number of hydroxylamine groups is 1. The molecule has 0 radical (unpaired) electrons. The summed E-state index contributed by atoms with van der Waals surface area (Å²) in [7, 11) is 0. The predicted octanol–water partition coefficient (Wildman–Crippen LogP) is 1.10. The molecule has 0 saturated heterocycles. The highest BCUT2D eigenvalue weighted by Crippen LogP contribution is 2.04. The van der Waals surface area contributed by atoms with Gasteiger partial charge in [-0.15, -0.1) is 10.7 Å². The first-order valence-corrected chi connectivity index (χ1v) is 3.66. The maximum Gasteiger partial charge on any atom is 0.307 e. The summed E-state index contributed by atoms with van der Waals surface area (Å²) < 4.78 is 0.142. The van der Waals surface area contributed by atoms with Gasteiger partial charge in [-0.1, -0.05) is 31.9 Å². The van der Waals surface area contributed by atoms with Crippen molar-refractivity contribution in [3.8, 4) is 6.26 Å². The second-order valence-corrected chi connectivity index (χ2v) is 4.37. The third-order valence-electron chi connectivity index (χ3n) is 0.355. The topological polar surface area (TPSA) is 45.0 Å². The van der Waals surface area contributed by atoms with Crippen molar-refractivity contribution in [1.82, 2.24) is 5.48 Å². The van der Waals surface area contributed by atoms with Crippen LogP contribution >= 0.6 is 31.9 Å². The van der Waals surface area contributed by atoms with E-state index >= 15 is 0 Å². The first-order valence-electron chi connectivity index (χ1n) is 1.83. The average molecular weight is 244 g/mol. The molecule has 5 heteroatoms. The highest BCUT2D eigenvalue weighted by atomic mass is 79.9. The molecule has 3 nitrogen and oxygen atoms in total. The minimum absolute atomic E-state index is 0.142. The molecule has 0 heterocycles. The molecule has 0 unspecified atom stereocenters. The van der Waals surface area contributed by atoms with Crippen LogP contribution in [0.5, 0.6) is 0 Å². The Balaban J connectivity index is 2.85. The van der Waals surface area contributed by atoms with Crippen LogP contribution in [0.1, 0.15) is 0 Å². The number of nitrogens with one attached hydrogen (secondary N) is 1. The van der Waals surface area contributed by atoms with E-state index in [-0.39, 0.29) is 3.74 Å². The minimum Gasteiger partial charge on any atom is -0.330 e. The Labute approximate surface area is 64.2 Å². The van der Waals surface area contributed by atoms with E-state index in [2.05, 4.69) is 42.2 Å². The number of nitriles is 1. The Morgan fingerprint density at radius 3 is 2.75 bits per heavy atom. The van der Waals surface area contributed by atoms with Gasteiger partial charge in [-0.2, -0.15) is 0 Å². The molecule has 0 aliphatic heterocycles. The summed E-state index contributed by atoms with van der Waals surface area (Å²) in [6.45, 7) is 0.549. The van der Waals surface area contributed by atoms with Gasteiger partial charge >= 0.3 is 6.26 Å². The number of nitrogens with zero attached hydrogens (tertiary/aromatic N) is 1. The quantitative estimate of drug-likeness (QED) is 0.350. The van der Waals surface area contributed by atoms with Crippen molar-refractivity contribution in [2.45, 2.75) is 3.74 Å². The normalized spacial score (nSPS) is 8.75. The van der Waals surface area contributed by atoms with Crippen molar-refractivity contribution in [2.24, 2.45) is 0 Å². The van der Waals surface area contributed by atoms with E-state index in [4.69, 9.17) is 5.26 Å². The van der Waals surface area contributed by atoms with Gasteiger partial charge in [0.15, 0.2) is 0 Å². The molecule has 0 aromatic heterocycles. The van der Waals surface area contributed by atoms with E-state index < -0.39 is 0 Å². The molecule has 0 fully saturated rings. The fourth-order valence-electron chi connectivity index (χ4n) is 0.137. The lowest BCUT2D eigenvalue weighted by Gasteiger charge is -1.97. The first-order chi connectivity index (χ1) is 3.77. The molecule has 0 bridgehead atoms. The van der Waals surface area contributed by atoms with Crippen LogP contribution in [-0.2, 0) is 4.84 Å². The minimum atomic E-state index is 0.142. The highest BCUT2D eigenvalue weighted by Gasteiger charge is 1.93. The highest BCUT2D eigenvalue weighted by molar-refractivity contribution is 9.24. The van der Waals surface area contributed by atoms with E-state index in [0.717, 1.165) is 0 Å². The average Bonchev–Trinajstić information content (AvgIpc) is 1.66. The smallest absolute Gasteiger partial charge is 0.307 e. The van der Waals surface area contributed by atoms with Gasteiger partial charge in [0.25, 0.3) is 0 Å². The van der Waals surface area contributed by atoms with Crippen molar-refractivity contribution in [3.05, 3.63) is 0 Å². The number of rotatable bonds is 3. The van der Waals surface area contributed by atoms with Crippen LogP contribution in [-0.4, -0.2) is 10.3 Å². The largest absolute Gasteiger partial charge is 0.330 e. The molecule has 1 N–H and O–H groups in total. The molecule has 0 aliphatic rings. The van der Waals surface area contributed by atoms with Gasteiger partial charge in [-0.3, -0.25) is 0 Å². The van der Waals surface area contributed by atoms with Crippen LogP contribution in [0, 0.1) is 11.5 Å². The van der Waals surface area contributed by atoms with Gasteiger partial charge in [0.05, 0.1) is 10.3 Å². The standard InChI is InChI=1S/C3H4Br2N2O/c4-3(5)1-7-8-2-6/h3,7H,1H2. The number of halogens is 2. The molecule has 0 rings (SSSR count). The SMILES string of the molecule is N#CONCC(Br)Br. The molecule has 0 saturated carbocycles. The zero-order valence-electron chi connectivity index (χ0n) is 3.90. The summed E-state index contributed by atoms with van der Waals surface area (Å²) in [6, 6.07) is 0. The van der Waals surface area contributed by atoms with Gasteiger partial charge in [0.2, 0.25) is 0 Å². The Bertz CT molecular complexity index is 89.8. The first kappa shape index (κ1) is 8.21. The Kier molecular flexibility index (Phi) is 5.49. The van der Waals surface area contributed by atoms with Crippen LogP contribution in [0.4, 0.5) is 0 Å². The summed E-state index contributed by atoms with van der Waals surface area (Å²) in [5.41, 5.74) is 2.38. The van der Waals surface area contributed by atoms with Gasteiger partial charge in [0, 0.05) is 0 Å². The fourth-order valence-corrected chi connectivity index (χ4v) is 0.401. The maximum absolute atomic E-state index is 7.81. The number of hydrogen-bond donors (Lipinski definition) is 1. The fraction of sp³-hybridized carbons (Fsp3) is 0.667. The summed E-state index contributed by atoms with van der Waals surface area (Å²) in [5, 5.41) is 7.81. The lowest BCUT2D eigenvalue weighted by Crippen LogP contribution is -2.17. The van der Waals surface area contributed by atoms with Gasteiger partial charge < -0.3 is 4.84 Å². The summed E-state index contributed by atoms with van der Waals surface area (Å²) in [4.78, 5) is 4.14. The number of hydrogen-bond acceptors (Lipinski definition) is 3. The third kappa shape index (κ3) is 6.21. The molecule has 0 atom stereocenters. The van der Waals surface area contributed by atoms with Crippen LogP contribution in [0.15, 0.2) is 0 Å². The van der Waals surface area contributed by atoms with Crippen LogP contribution in [0.2, 0.25) is 0 Å². The van der Waals surface area contributed by atoms with Crippen molar-refractivity contribution >= 4 is 31.9 Å². The number of alkyl halides is 2. The van der Waals surface area contributed by atoms with E-state index in [1.807, 2.05) is 0 Å².